The van der Waals surface area contributed by atoms with Gasteiger partial charge in [0, 0.05) is 49.6 Å². The molecule has 0 fully saturated rings. The third kappa shape index (κ3) is 2.78. The molecule has 0 saturated carbocycles. The number of rotatable bonds is 2. The molecule has 0 bridgehead atoms. The molecule has 0 aliphatic rings. The Morgan fingerprint density at radius 3 is 2.00 bits per heavy atom. The van der Waals surface area contributed by atoms with Crippen molar-refractivity contribution in [3.8, 4) is 11.4 Å². The number of aromatic nitrogens is 2. The van der Waals surface area contributed by atoms with Crippen LogP contribution in [0, 0.1) is 27.7 Å². The molecule has 0 atom stereocenters. The van der Waals surface area contributed by atoms with Crippen molar-refractivity contribution in [2.75, 3.05) is 0 Å². The van der Waals surface area contributed by atoms with E-state index < -0.39 is 0 Å². The highest BCUT2D eigenvalue weighted by molar-refractivity contribution is 5.81. The molecule has 2 nitrogen and oxygen atoms in total. The monoisotopic (exact) mass is 340 g/mol. The highest BCUT2D eigenvalue weighted by Gasteiger charge is 2.23. The number of hydrogen-bond donors (Lipinski definition) is 0. The molecule has 0 aliphatic carbocycles. The normalized spacial score (nSPS) is 11.1. The Morgan fingerprint density at radius 2 is 1.27 bits per heavy atom. The number of fused-ring (bicyclic) bond motifs is 1. The summed E-state index contributed by atoms with van der Waals surface area (Å²) < 4.78 is 4.58. The van der Waals surface area contributed by atoms with Gasteiger partial charge in [0.15, 0.2) is 23.8 Å². The summed E-state index contributed by atoms with van der Waals surface area (Å²) in [5.74, 6) is 0. The van der Waals surface area contributed by atoms with Crippen LogP contribution < -0.4 is 9.13 Å². The van der Waals surface area contributed by atoms with Gasteiger partial charge in [0.25, 0.3) is 0 Å². The van der Waals surface area contributed by atoms with Crippen LogP contribution in [-0.4, -0.2) is 0 Å². The van der Waals surface area contributed by atoms with Gasteiger partial charge in [-0.2, -0.15) is 9.13 Å². The first-order valence-electron chi connectivity index (χ1n) is 9.05. The molecule has 4 aromatic rings. The van der Waals surface area contributed by atoms with Gasteiger partial charge in [0.2, 0.25) is 11.4 Å². The van der Waals surface area contributed by atoms with Gasteiger partial charge in [-0.1, -0.05) is 24.3 Å². The Kier molecular flexibility index (Phi) is 4.04. The highest BCUT2D eigenvalue weighted by Crippen LogP contribution is 2.20. The smallest absolute Gasteiger partial charge is 0.164 e. The Balaban J connectivity index is 1.99. The summed E-state index contributed by atoms with van der Waals surface area (Å²) in [6.07, 6.45) is 4.39. The first-order valence-corrected chi connectivity index (χ1v) is 9.05. The molecule has 0 aliphatic heterocycles. The summed E-state index contributed by atoms with van der Waals surface area (Å²) in [6, 6.07) is 21.7. The lowest BCUT2D eigenvalue weighted by Crippen LogP contribution is -2.39. The number of pyridine rings is 2. The summed E-state index contributed by atoms with van der Waals surface area (Å²) >= 11 is 0. The van der Waals surface area contributed by atoms with Crippen LogP contribution in [0.3, 0.4) is 0 Å². The van der Waals surface area contributed by atoms with Crippen molar-refractivity contribution in [3.05, 3.63) is 95.6 Å². The van der Waals surface area contributed by atoms with Crippen LogP contribution in [0.2, 0.25) is 0 Å². The summed E-state index contributed by atoms with van der Waals surface area (Å²) in [6.45, 7) is 8.71. The maximum absolute atomic E-state index is 2.31. The molecule has 0 unspecified atom stereocenters. The average Bonchev–Trinajstić information content (AvgIpc) is 2.63. The van der Waals surface area contributed by atoms with Gasteiger partial charge >= 0.3 is 0 Å². The van der Waals surface area contributed by atoms with Crippen molar-refractivity contribution in [1.29, 1.82) is 0 Å². The lowest BCUT2D eigenvalue weighted by molar-refractivity contribution is -0.611. The number of nitrogens with zero attached hydrogens (tertiary/aromatic N) is 2. The maximum atomic E-state index is 2.31. The van der Waals surface area contributed by atoms with E-state index in [-0.39, 0.29) is 0 Å². The minimum Gasteiger partial charge on any atom is -0.164 e. The number of hydrogen-bond acceptors (Lipinski definition) is 0. The van der Waals surface area contributed by atoms with E-state index in [1.807, 2.05) is 0 Å². The molecule has 4 rings (SSSR count). The maximum Gasteiger partial charge on any atom is 0.220 e. The van der Waals surface area contributed by atoms with Crippen LogP contribution in [0.4, 0.5) is 0 Å². The molecular formula is C24H24N2+2. The zero-order chi connectivity index (χ0) is 18.3. The van der Waals surface area contributed by atoms with Gasteiger partial charge in [-0.25, -0.2) is 0 Å². The molecule has 0 saturated heterocycles. The molecule has 128 valence electrons. The fourth-order valence-electron chi connectivity index (χ4n) is 3.67. The predicted octanol–water partition coefficient (Wildman–Crippen LogP) is 4.63. The molecule has 0 radical (unpaired) electrons. The summed E-state index contributed by atoms with van der Waals surface area (Å²) in [5.41, 5.74) is 7.47. The zero-order valence-electron chi connectivity index (χ0n) is 15.8. The molecule has 0 amide bonds. The fourth-order valence-corrected chi connectivity index (χ4v) is 3.67. The van der Waals surface area contributed by atoms with Crippen molar-refractivity contribution < 1.29 is 9.13 Å². The standard InChI is InChI=1S/C24H24N2/c1-17-13-23(25-12-8-7-9-18(25)2)20(4)24(14-17)26-16-22-11-6-5-10-21(22)15-19(26)3/h5-16H,1-4H3/q+2. The van der Waals surface area contributed by atoms with E-state index in [2.05, 4.69) is 110 Å². The predicted molar refractivity (Wildman–Crippen MR) is 106 cm³/mol. The Labute approximate surface area is 155 Å². The van der Waals surface area contributed by atoms with Crippen molar-refractivity contribution >= 4 is 10.8 Å². The zero-order valence-corrected chi connectivity index (χ0v) is 15.8. The molecule has 26 heavy (non-hydrogen) atoms. The van der Waals surface area contributed by atoms with Crippen LogP contribution in [-0.2, 0) is 0 Å². The van der Waals surface area contributed by atoms with Gasteiger partial charge in [0.1, 0.15) is 0 Å². The van der Waals surface area contributed by atoms with E-state index in [1.165, 1.54) is 44.7 Å². The first-order chi connectivity index (χ1) is 12.5. The van der Waals surface area contributed by atoms with Gasteiger partial charge in [-0.05, 0) is 30.9 Å². The number of aryl methyl sites for hydroxylation is 3. The van der Waals surface area contributed by atoms with E-state index >= 15 is 0 Å². The quantitative estimate of drug-likeness (QED) is 0.470. The minimum atomic E-state index is 1.23. The van der Waals surface area contributed by atoms with Gasteiger partial charge in [-0.3, -0.25) is 0 Å². The molecular weight excluding hydrogens is 316 g/mol. The lowest BCUT2D eigenvalue weighted by atomic mass is 10.1. The van der Waals surface area contributed by atoms with Crippen LogP contribution in [0.25, 0.3) is 22.1 Å². The second-order valence-corrected chi connectivity index (χ2v) is 7.05. The largest absolute Gasteiger partial charge is 0.220 e. The van der Waals surface area contributed by atoms with Gasteiger partial charge in [-0.15, -0.1) is 0 Å². The van der Waals surface area contributed by atoms with E-state index in [9.17, 15) is 0 Å². The topological polar surface area (TPSA) is 7.76 Å². The average molecular weight is 340 g/mol. The molecule has 2 aromatic heterocycles. The van der Waals surface area contributed by atoms with Crippen LogP contribution in [0.15, 0.2) is 73.1 Å². The molecule has 0 N–H and O–H groups in total. The van der Waals surface area contributed by atoms with Crippen molar-refractivity contribution in [2.45, 2.75) is 27.7 Å². The Bertz CT molecular complexity index is 1130. The van der Waals surface area contributed by atoms with Crippen LogP contribution in [0.5, 0.6) is 0 Å². The van der Waals surface area contributed by atoms with Crippen molar-refractivity contribution in [2.24, 2.45) is 0 Å². The van der Waals surface area contributed by atoms with E-state index in [0.29, 0.717) is 0 Å². The SMILES string of the molecule is Cc1cc(-[n+]2ccccc2C)c(C)c(-[n+]2cc3ccccc3cc2C)c1. The van der Waals surface area contributed by atoms with Crippen molar-refractivity contribution in [1.82, 2.24) is 0 Å². The van der Waals surface area contributed by atoms with E-state index in [1.54, 1.807) is 0 Å². The van der Waals surface area contributed by atoms with Crippen LogP contribution in [0.1, 0.15) is 22.5 Å². The molecule has 2 heteroatoms. The van der Waals surface area contributed by atoms with E-state index in [4.69, 9.17) is 0 Å². The highest BCUT2D eigenvalue weighted by atomic mass is 15.0. The summed E-state index contributed by atoms with van der Waals surface area (Å²) in [4.78, 5) is 0. The van der Waals surface area contributed by atoms with Gasteiger partial charge < -0.3 is 0 Å². The lowest BCUT2D eigenvalue weighted by Gasteiger charge is -2.09. The fraction of sp³-hybridized carbons (Fsp3) is 0.167. The second kappa shape index (κ2) is 6.38. The summed E-state index contributed by atoms with van der Waals surface area (Å²) in [5, 5.41) is 2.53. The van der Waals surface area contributed by atoms with E-state index in [0.717, 1.165) is 0 Å². The second-order valence-electron chi connectivity index (χ2n) is 7.05. The Hall–Kier alpha value is -3.00. The van der Waals surface area contributed by atoms with Crippen molar-refractivity contribution in [3.63, 3.8) is 0 Å². The summed E-state index contributed by atoms with van der Waals surface area (Å²) in [7, 11) is 0. The van der Waals surface area contributed by atoms with Crippen LogP contribution >= 0.6 is 0 Å². The number of benzene rings is 2. The first kappa shape index (κ1) is 16.5. The Morgan fingerprint density at radius 1 is 0.615 bits per heavy atom. The molecule has 0 spiro atoms. The third-order valence-electron chi connectivity index (χ3n) is 5.09. The minimum absolute atomic E-state index is 1.23. The van der Waals surface area contributed by atoms with Gasteiger partial charge in [0.05, 0.1) is 5.56 Å². The third-order valence-corrected chi connectivity index (χ3v) is 5.09. The molecule has 2 aromatic carbocycles. The molecule has 2 heterocycles.